The zero-order chi connectivity index (χ0) is 15.4. The topological polar surface area (TPSA) is 61.7 Å². The minimum Gasteiger partial charge on any atom is -0.507 e. The molecule has 1 amide bonds. The highest BCUT2D eigenvalue weighted by atomic mass is 16.3. The molecule has 4 heteroatoms. The number of fused-ring (bicyclic) bond motifs is 1. The predicted octanol–water partition coefficient (Wildman–Crippen LogP) is 3.31. The molecule has 0 fully saturated rings. The number of carbonyl (C=O) groups excluding carboxylic acids is 1. The first-order valence-corrected chi connectivity index (χ1v) is 6.84. The minimum absolute atomic E-state index is 0.0638. The normalized spacial score (nSPS) is 10.9. The average molecular weight is 290 g/mol. The summed E-state index contributed by atoms with van der Waals surface area (Å²) >= 11 is 0. The van der Waals surface area contributed by atoms with Crippen LogP contribution >= 0.6 is 0 Å². The van der Waals surface area contributed by atoms with Gasteiger partial charge in [-0.25, -0.2) is 5.43 Å². The molecule has 3 aromatic carbocycles. The van der Waals surface area contributed by atoms with Crippen LogP contribution in [0.15, 0.2) is 71.8 Å². The summed E-state index contributed by atoms with van der Waals surface area (Å²) < 4.78 is 0. The van der Waals surface area contributed by atoms with Gasteiger partial charge < -0.3 is 5.11 Å². The van der Waals surface area contributed by atoms with Crippen molar-refractivity contribution in [1.29, 1.82) is 0 Å². The number of benzene rings is 3. The maximum Gasteiger partial charge on any atom is 0.275 e. The van der Waals surface area contributed by atoms with Crippen LogP contribution in [0.3, 0.4) is 0 Å². The second kappa shape index (κ2) is 6.10. The second-order valence-electron chi connectivity index (χ2n) is 4.83. The van der Waals surface area contributed by atoms with E-state index >= 15 is 0 Å². The number of phenols is 1. The van der Waals surface area contributed by atoms with Crippen LogP contribution in [0.25, 0.3) is 10.8 Å². The number of aromatic hydroxyl groups is 1. The SMILES string of the molecule is O=C(N/N=C/c1ccccc1)c1cc2ccccc2cc1O. The molecular weight excluding hydrogens is 276 g/mol. The Balaban J connectivity index is 1.80. The van der Waals surface area contributed by atoms with Crippen LogP contribution in [0.4, 0.5) is 0 Å². The van der Waals surface area contributed by atoms with Crippen LogP contribution in [0.1, 0.15) is 15.9 Å². The molecule has 0 saturated carbocycles. The Kier molecular flexibility index (Phi) is 3.83. The summed E-state index contributed by atoms with van der Waals surface area (Å²) in [5.41, 5.74) is 3.50. The van der Waals surface area contributed by atoms with E-state index in [0.29, 0.717) is 0 Å². The molecule has 22 heavy (non-hydrogen) atoms. The predicted molar refractivity (Wildman–Crippen MR) is 87.1 cm³/mol. The number of nitrogens with zero attached hydrogens (tertiary/aromatic N) is 1. The van der Waals surface area contributed by atoms with E-state index in [9.17, 15) is 9.90 Å². The lowest BCUT2D eigenvalue weighted by Gasteiger charge is -2.05. The van der Waals surface area contributed by atoms with E-state index < -0.39 is 5.91 Å². The Labute approximate surface area is 127 Å². The number of nitrogens with one attached hydrogen (secondary N) is 1. The molecule has 0 unspecified atom stereocenters. The Bertz CT molecular complexity index is 842. The first-order chi connectivity index (χ1) is 10.7. The van der Waals surface area contributed by atoms with Crippen molar-refractivity contribution in [2.45, 2.75) is 0 Å². The standard InChI is InChI=1S/C18H14N2O2/c21-17-11-15-9-5-4-8-14(15)10-16(17)18(22)20-19-12-13-6-2-1-3-7-13/h1-12,21H,(H,20,22)/b19-12+. The van der Waals surface area contributed by atoms with E-state index in [1.165, 1.54) is 0 Å². The lowest BCUT2D eigenvalue weighted by Crippen LogP contribution is -2.17. The van der Waals surface area contributed by atoms with Gasteiger partial charge in [0.05, 0.1) is 11.8 Å². The quantitative estimate of drug-likeness (QED) is 0.574. The highest BCUT2D eigenvalue weighted by Crippen LogP contribution is 2.24. The number of phenolic OH excluding ortho intramolecular Hbond substituents is 1. The van der Waals surface area contributed by atoms with Crippen molar-refractivity contribution in [2.75, 3.05) is 0 Å². The van der Waals surface area contributed by atoms with Gasteiger partial charge in [-0.15, -0.1) is 0 Å². The van der Waals surface area contributed by atoms with Crippen molar-refractivity contribution in [3.05, 3.63) is 77.9 Å². The van der Waals surface area contributed by atoms with Gasteiger partial charge in [0, 0.05) is 0 Å². The minimum atomic E-state index is -0.449. The molecule has 0 heterocycles. The monoisotopic (exact) mass is 290 g/mol. The van der Waals surface area contributed by atoms with Gasteiger partial charge in [0.25, 0.3) is 5.91 Å². The molecule has 0 aliphatic heterocycles. The first-order valence-electron chi connectivity index (χ1n) is 6.84. The van der Waals surface area contributed by atoms with E-state index in [0.717, 1.165) is 16.3 Å². The van der Waals surface area contributed by atoms with Crippen molar-refractivity contribution in [3.8, 4) is 5.75 Å². The van der Waals surface area contributed by atoms with Gasteiger partial charge in [0.2, 0.25) is 0 Å². The fourth-order valence-electron chi connectivity index (χ4n) is 2.17. The van der Waals surface area contributed by atoms with Gasteiger partial charge in [-0.1, -0.05) is 54.6 Å². The first kappa shape index (κ1) is 13.8. The number of hydrazone groups is 1. The summed E-state index contributed by atoms with van der Waals surface area (Å²) in [4.78, 5) is 12.1. The van der Waals surface area contributed by atoms with E-state index in [4.69, 9.17) is 0 Å². The summed E-state index contributed by atoms with van der Waals surface area (Å²) in [7, 11) is 0. The summed E-state index contributed by atoms with van der Waals surface area (Å²) in [6.45, 7) is 0. The van der Waals surface area contributed by atoms with E-state index in [1.54, 1.807) is 18.3 Å². The molecular formula is C18H14N2O2. The second-order valence-corrected chi connectivity index (χ2v) is 4.83. The molecule has 3 rings (SSSR count). The lowest BCUT2D eigenvalue weighted by atomic mass is 10.1. The molecule has 108 valence electrons. The largest absolute Gasteiger partial charge is 0.507 e. The fourth-order valence-corrected chi connectivity index (χ4v) is 2.17. The zero-order valence-corrected chi connectivity index (χ0v) is 11.7. The number of hydrogen-bond donors (Lipinski definition) is 2. The van der Waals surface area contributed by atoms with Crippen molar-refractivity contribution in [2.24, 2.45) is 5.10 Å². The van der Waals surface area contributed by atoms with Gasteiger partial charge in [-0.05, 0) is 28.5 Å². The Hall–Kier alpha value is -3.14. The third kappa shape index (κ3) is 2.96. The van der Waals surface area contributed by atoms with Crippen LogP contribution in [-0.4, -0.2) is 17.2 Å². The molecule has 0 bridgehead atoms. The number of rotatable bonds is 3. The average Bonchev–Trinajstić information content (AvgIpc) is 2.55. The number of hydrogen-bond acceptors (Lipinski definition) is 3. The van der Waals surface area contributed by atoms with Gasteiger partial charge in [0.15, 0.2) is 0 Å². The van der Waals surface area contributed by atoms with Crippen LogP contribution in [0.2, 0.25) is 0 Å². The molecule has 4 nitrogen and oxygen atoms in total. The van der Waals surface area contributed by atoms with Crippen molar-refractivity contribution in [1.82, 2.24) is 5.43 Å². The Morgan fingerprint density at radius 3 is 2.32 bits per heavy atom. The van der Waals surface area contributed by atoms with Gasteiger partial charge in [0.1, 0.15) is 5.75 Å². The van der Waals surface area contributed by atoms with Crippen LogP contribution in [-0.2, 0) is 0 Å². The third-order valence-corrected chi connectivity index (χ3v) is 3.29. The zero-order valence-electron chi connectivity index (χ0n) is 11.7. The summed E-state index contributed by atoms with van der Waals surface area (Å²) in [5.74, 6) is -0.512. The van der Waals surface area contributed by atoms with E-state index in [1.807, 2.05) is 54.6 Å². The molecule has 0 spiro atoms. The summed E-state index contributed by atoms with van der Waals surface area (Å²) in [5, 5.41) is 15.7. The van der Waals surface area contributed by atoms with E-state index in [-0.39, 0.29) is 11.3 Å². The molecule has 2 N–H and O–H groups in total. The van der Waals surface area contributed by atoms with Crippen molar-refractivity contribution >= 4 is 22.9 Å². The van der Waals surface area contributed by atoms with Gasteiger partial charge in [-0.3, -0.25) is 4.79 Å². The molecule has 3 aromatic rings. The van der Waals surface area contributed by atoms with Crippen LogP contribution in [0, 0.1) is 0 Å². The Morgan fingerprint density at radius 1 is 0.955 bits per heavy atom. The third-order valence-electron chi connectivity index (χ3n) is 3.29. The van der Waals surface area contributed by atoms with Crippen molar-refractivity contribution in [3.63, 3.8) is 0 Å². The molecule has 0 saturated heterocycles. The van der Waals surface area contributed by atoms with Crippen LogP contribution < -0.4 is 5.43 Å². The maximum absolute atomic E-state index is 12.1. The molecule has 0 atom stereocenters. The molecule has 0 aromatic heterocycles. The molecule has 0 radical (unpaired) electrons. The molecule has 0 aliphatic rings. The van der Waals surface area contributed by atoms with E-state index in [2.05, 4.69) is 10.5 Å². The number of amides is 1. The van der Waals surface area contributed by atoms with Gasteiger partial charge >= 0.3 is 0 Å². The van der Waals surface area contributed by atoms with Crippen molar-refractivity contribution < 1.29 is 9.90 Å². The number of carbonyl (C=O) groups is 1. The fraction of sp³-hybridized carbons (Fsp3) is 0. The Morgan fingerprint density at radius 2 is 1.59 bits per heavy atom. The molecule has 0 aliphatic carbocycles. The summed E-state index contributed by atoms with van der Waals surface area (Å²) in [6.07, 6.45) is 1.55. The maximum atomic E-state index is 12.1. The highest BCUT2D eigenvalue weighted by molar-refractivity contribution is 6.01. The smallest absolute Gasteiger partial charge is 0.275 e. The van der Waals surface area contributed by atoms with Crippen LogP contribution in [0.5, 0.6) is 5.75 Å². The highest BCUT2D eigenvalue weighted by Gasteiger charge is 2.11. The summed E-state index contributed by atoms with van der Waals surface area (Å²) in [6, 6.07) is 20.2. The lowest BCUT2D eigenvalue weighted by molar-refractivity contribution is 0.0952. The van der Waals surface area contributed by atoms with Gasteiger partial charge in [-0.2, -0.15) is 5.10 Å².